The Balaban J connectivity index is 2.86. The Morgan fingerprint density at radius 1 is 1.45 bits per heavy atom. The highest BCUT2D eigenvalue weighted by molar-refractivity contribution is 6.32. The van der Waals surface area contributed by atoms with Crippen LogP contribution in [0.15, 0.2) is 24.3 Å². The molecule has 0 unspecified atom stereocenters. The second-order valence-electron chi connectivity index (χ2n) is 1.82. The average Bonchev–Trinajstić information content (AvgIpc) is 1.93. The summed E-state index contributed by atoms with van der Waals surface area (Å²) in [5, 5.41) is 0.327. The number of hydrogen-bond donors (Lipinski definition) is 0. The number of nitrogens with one attached hydrogen (secondary N) is 1. The van der Waals surface area contributed by atoms with Crippen LogP contribution in [-0.2, 0) is 0 Å². The molecule has 1 N–H and O–H groups in total. The summed E-state index contributed by atoms with van der Waals surface area (Å²) in [6.07, 6.45) is -1.11. The largest absolute Gasteiger partial charge is 0.431 e. The summed E-state index contributed by atoms with van der Waals surface area (Å²) in [6, 6.07) is 6.49. The van der Waals surface area contributed by atoms with Crippen molar-refractivity contribution in [1.82, 2.24) is 5.73 Å². The summed E-state index contributed by atoms with van der Waals surface area (Å²) in [5.74, 6) is 0.217. The van der Waals surface area contributed by atoms with Gasteiger partial charge in [0.1, 0.15) is 0 Å². The first-order valence-electron chi connectivity index (χ1n) is 2.88. The van der Waals surface area contributed by atoms with Gasteiger partial charge in [0.05, 0.1) is 5.02 Å². The molecule has 0 saturated heterocycles. The molecule has 0 aromatic heterocycles. The first kappa shape index (κ1) is 7.88. The highest BCUT2D eigenvalue weighted by atomic mass is 35.5. The van der Waals surface area contributed by atoms with Crippen molar-refractivity contribution < 1.29 is 9.53 Å². The van der Waals surface area contributed by atoms with Crippen LogP contribution in [0.2, 0.25) is 5.02 Å². The van der Waals surface area contributed by atoms with Gasteiger partial charge in [-0.15, -0.1) is 0 Å². The van der Waals surface area contributed by atoms with Gasteiger partial charge in [0.2, 0.25) is 0 Å². The summed E-state index contributed by atoms with van der Waals surface area (Å²) in [5.41, 5.74) is 6.49. The van der Waals surface area contributed by atoms with E-state index in [1.54, 1.807) is 18.2 Å². The predicted octanol–water partition coefficient (Wildman–Crippen LogP) is 2.12. The average molecular weight is 171 g/mol. The van der Waals surface area contributed by atoms with Crippen molar-refractivity contribution in [3.63, 3.8) is 0 Å². The van der Waals surface area contributed by atoms with Crippen LogP contribution in [0.4, 0.5) is 4.79 Å². The molecule has 11 heavy (non-hydrogen) atoms. The van der Waals surface area contributed by atoms with E-state index in [1.807, 2.05) is 0 Å². The number of hydrogen-bond acceptors (Lipinski definition) is 2. The van der Waals surface area contributed by atoms with Crippen LogP contribution in [-0.4, -0.2) is 6.09 Å². The SMILES string of the molecule is [NH]C(=O)Oc1ccccc1Cl. The van der Waals surface area contributed by atoms with Crippen LogP contribution in [0, 0.1) is 0 Å². The quantitative estimate of drug-likeness (QED) is 0.648. The van der Waals surface area contributed by atoms with E-state index in [-0.39, 0.29) is 5.75 Å². The van der Waals surface area contributed by atoms with Crippen LogP contribution in [0.3, 0.4) is 0 Å². The van der Waals surface area contributed by atoms with Gasteiger partial charge in [0.25, 0.3) is 0 Å². The topological polar surface area (TPSA) is 50.1 Å². The Morgan fingerprint density at radius 3 is 2.64 bits per heavy atom. The minimum atomic E-state index is -1.11. The van der Waals surface area contributed by atoms with Crippen molar-refractivity contribution in [2.45, 2.75) is 0 Å². The maximum Gasteiger partial charge on any atom is 0.431 e. The Labute approximate surface area is 68.7 Å². The Kier molecular flexibility index (Phi) is 2.33. The van der Waals surface area contributed by atoms with Crippen LogP contribution >= 0.6 is 11.6 Å². The van der Waals surface area contributed by atoms with Gasteiger partial charge >= 0.3 is 6.09 Å². The number of ether oxygens (including phenoxy) is 1. The van der Waals surface area contributed by atoms with E-state index in [1.165, 1.54) is 6.07 Å². The van der Waals surface area contributed by atoms with Crippen LogP contribution in [0.25, 0.3) is 0 Å². The molecule has 1 amide bonds. The molecule has 1 rings (SSSR count). The van der Waals surface area contributed by atoms with E-state index in [0.29, 0.717) is 5.02 Å². The molecule has 0 bridgehead atoms. The molecule has 0 aliphatic rings. The summed E-state index contributed by atoms with van der Waals surface area (Å²) >= 11 is 5.61. The highest BCUT2D eigenvalue weighted by Crippen LogP contribution is 2.22. The normalized spacial score (nSPS) is 9.18. The van der Waals surface area contributed by atoms with Crippen molar-refractivity contribution in [3.05, 3.63) is 29.3 Å². The molecule has 57 valence electrons. The molecule has 1 radical (unpaired) electrons. The van der Waals surface area contributed by atoms with Crippen LogP contribution in [0.5, 0.6) is 5.75 Å². The van der Waals surface area contributed by atoms with E-state index in [4.69, 9.17) is 17.3 Å². The second-order valence-corrected chi connectivity index (χ2v) is 2.23. The zero-order valence-corrected chi connectivity index (χ0v) is 6.26. The number of amides is 1. The van der Waals surface area contributed by atoms with Crippen molar-refractivity contribution in [2.75, 3.05) is 0 Å². The standard InChI is InChI=1S/C7H5ClNO2/c8-5-3-1-2-4-6(5)11-7(9)10/h1-4,9H. The predicted molar refractivity (Wildman–Crippen MR) is 40.6 cm³/mol. The fourth-order valence-corrected chi connectivity index (χ4v) is 0.802. The van der Waals surface area contributed by atoms with Crippen molar-refractivity contribution in [3.8, 4) is 5.75 Å². The smallest absolute Gasteiger partial charge is 0.408 e. The third-order valence-electron chi connectivity index (χ3n) is 1.04. The minimum absolute atomic E-state index is 0.217. The van der Waals surface area contributed by atoms with E-state index >= 15 is 0 Å². The molecule has 3 nitrogen and oxygen atoms in total. The lowest BCUT2D eigenvalue weighted by atomic mass is 10.3. The lowest BCUT2D eigenvalue weighted by Gasteiger charge is -2.00. The summed E-state index contributed by atoms with van der Waals surface area (Å²) < 4.78 is 4.44. The first-order chi connectivity index (χ1) is 5.20. The van der Waals surface area contributed by atoms with Gasteiger partial charge in [-0.3, -0.25) is 0 Å². The Hall–Kier alpha value is -1.22. The Morgan fingerprint density at radius 2 is 2.09 bits per heavy atom. The third-order valence-corrected chi connectivity index (χ3v) is 1.35. The monoisotopic (exact) mass is 170 g/mol. The lowest BCUT2D eigenvalue weighted by Crippen LogP contribution is -2.05. The molecule has 4 heteroatoms. The molecule has 1 aromatic carbocycles. The van der Waals surface area contributed by atoms with Gasteiger partial charge in [-0.2, -0.15) is 0 Å². The highest BCUT2D eigenvalue weighted by Gasteiger charge is 2.02. The van der Waals surface area contributed by atoms with Gasteiger partial charge in [0.15, 0.2) is 5.75 Å². The zero-order chi connectivity index (χ0) is 8.27. The lowest BCUT2D eigenvalue weighted by molar-refractivity contribution is 0.209. The molecular weight excluding hydrogens is 166 g/mol. The van der Waals surface area contributed by atoms with Crippen molar-refractivity contribution >= 4 is 17.7 Å². The Bertz CT molecular complexity index is 275. The number of halogens is 1. The summed E-state index contributed by atoms with van der Waals surface area (Å²) in [6.45, 7) is 0. The van der Waals surface area contributed by atoms with Crippen LogP contribution in [0.1, 0.15) is 0 Å². The van der Waals surface area contributed by atoms with Gasteiger partial charge < -0.3 is 4.74 Å². The maximum absolute atomic E-state index is 10.2. The van der Waals surface area contributed by atoms with E-state index in [2.05, 4.69) is 4.74 Å². The maximum atomic E-state index is 10.2. The molecule has 0 heterocycles. The molecule has 0 fully saturated rings. The number of rotatable bonds is 1. The van der Waals surface area contributed by atoms with E-state index in [0.717, 1.165) is 0 Å². The van der Waals surface area contributed by atoms with Gasteiger partial charge in [-0.25, -0.2) is 10.5 Å². The van der Waals surface area contributed by atoms with Gasteiger partial charge in [0, 0.05) is 0 Å². The molecule has 0 aliphatic carbocycles. The number of para-hydroxylation sites is 1. The number of benzene rings is 1. The molecule has 0 saturated carbocycles. The van der Waals surface area contributed by atoms with E-state index < -0.39 is 6.09 Å². The zero-order valence-electron chi connectivity index (χ0n) is 5.50. The van der Waals surface area contributed by atoms with E-state index in [9.17, 15) is 4.79 Å². The summed E-state index contributed by atoms with van der Waals surface area (Å²) in [7, 11) is 0. The van der Waals surface area contributed by atoms with Crippen molar-refractivity contribution in [1.29, 1.82) is 0 Å². The molecular formula is C7H5ClNO2. The second kappa shape index (κ2) is 3.25. The van der Waals surface area contributed by atoms with Crippen LogP contribution < -0.4 is 10.5 Å². The minimum Gasteiger partial charge on any atom is -0.408 e. The number of carbonyl (C=O) groups excluding carboxylic acids is 1. The fourth-order valence-electron chi connectivity index (χ4n) is 0.627. The summed E-state index contributed by atoms with van der Waals surface area (Å²) in [4.78, 5) is 10.2. The van der Waals surface area contributed by atoms with Crippen molar-refractivity contribution in [2.24, 2.45) is 0 Å². The molecule has 0 spiro atoms. The molecule has 0 aliphatic heterocycles. The van der Waals surface area contributed by atoms with Gasteiger partial charge in [-0.05, 0) is 12.1 Å². The first-order valence-corrected chi connectivity index (χ1v) is 3.26. The van der Waals surface area contributed by atoms with Gasteiger partial charge in [-0.1, -0.05) is 23.7 Å². The number of carbonyl (C=O) groups is 1. The third kappa shape index (κ3) is 2.13. The fraction of sp³-hybridized carbons (Fsp3) is 0. The molecule has 1 aromatic rings. The molecule has 0 atom stereocenters.